The number of carbonyl (C=O) groups excluding carboxylic acids is 1. The molecule has 0 aromatic heterocycles. The fraction of sp³-hybridized carbons (Fsp3) is 0.562. The summed E-state index contributed by atoms with van der Waals surface area (Å²) in [5, 5.41) is 0. The van der Waals surface area contributed by atoms with Gasteiger partial charge in [-0.3, -0.25) is 4.79 Å². The van der Waals surface area contributed by atoms with Crippen molar-refractivity contribution in [2.45, 2.75) is 39.2 Å². The van der Waals surface area contributed by atoms with Crippen LogP contribution in [0.4, 0.5) is 0 Å². The third-order valence-corrected chi connectivity index (χ3v) is 5.05. The van der Waals surface area contributed by atoms with Crippen LogP contribution in [0.15, 0.2) is 22.7 Å². The number of hydrogen-bond acceptors (Lipinski definition) is 2. The van der Waals surface area contributed by atoms with Crippen LogP contribution in [0.25, 0.3) is 0 Å². The number of aryl methyl sites for hydroxylation is 2. The molecule has 118 valence electrons. The molecule has 0 spiro atoms. The van der Waals surface area contributed by atoms with Crippen LogP contribution in [0.5, 0.6) is 0 Å². The Bertz CT molecular complexity index is 495. The van der Waals surface area contributed by atoms with Crippen LogP contribution < -0.4 is 5.73 Å². The van der Waals surface area contributed by atoms with Gasteiger partial charge < -0.3 is 10.6 Å². The van der Waals surface area contributed by atoms with Gasteiger partial charge in [0.2, 0.25) is 5.91 Å². The van der Waals surface area contributed by atoms with Gasteiger partial charge in [0.25, 0.3) is 0 Å². The summed E-state index contributed by atoms with van der Waals surface area (Å²) in [5.74, 6) is 0.734. The van der Waals surface area contributed by atoms with Gasteiger partial charge in [0, 0.05) is 23.5 Å². The van der Waals surface area contributed by atoms with Crippen molar-refractivity contribution in [2.24, 2.45) is 11.7 Å². The second-order valence-electron chi connectivity index (χ2n) is 5.82. The Kier molecular flexibility index (Phi) is 7.17. The molecule has 0 aliphatic carbocycles. The number of hydrogen-bond donors (Lipinski definition) is 1. The molecule has 2 rings (SSSR count). The van der Waals surface area contributed by atoms with E-state index in [1.165, 1.54) is 11.1 Å². The highest BCUT2D eigenvalue weighted by atomic mass is 79.9. The summed E-state index contributed by atoms with van der Waals surface area (Å²) < 4.78 is 1.12. The Morgan fingerprint density at radius 3 is 2.76 bits per heavy atom. The summed E-state index contributed by atoms with van der Waals surface area (Å²) >= 11 is 3.50. The minimum atomic E-state index is 0. The second kappa shape index (κ2) is 8.16. The summed E-state index contributed by atoms with van der Waals surface area (Å²) in [6, 6.07) is 6.62. The first kappa shape index (κ1) is 18.5. The van der Waals surface area contributed by atoms with E-state index < -0.39 is 0 Å². The summed E-state index contributed by atoms with van der Waals surface area (Å²) in [7, 11) is 0. The predicted octanol–water partition coefficient (Wildman–Crippen LogP) is 3.31. The van der Waals surface area contributed by atoms with Crippen LogP contribution in [0.2, 0.25) is 0 Å². The highest BCUT2D eigenvalue weighted by molar-refractivity contribution is 9.10. The van der Waals surface area contributed by atoms with Crippen LogP contribution in [0.1, 0.15) is 30.9 Å². The molecule has 1 aliphatic rings. The van der Waals surface area contributed by atoms with Gasteiger partial charge in [0.15, 0.2) is 0 Å². The quantitative estimate of drug-likeness (QED) is 0.877. The lowest BCUT2D eigenvalue weighted by Gasteiger charge is -2.21. The van der Waals surface area contributed by atoms with Gasteiger partial charge in [-0.25, -0.2) is 0 Å². The van der Waals surface area contributed by atoms with Gasteiger partial charge in [-0.15, -0.1) is 12.4 Å². The normalized spacial score (nSPS) is 21.2. The minimum absolute atomic E-state index is 0. The molecule has 0 radical (unpaired) electrons. The van der Waals surface area contributed by atoms with E-state index in [-0.39, 0.29) is 18.3 Å². The molecule has 0 bridgehead atoms. The molecule has 0 saturated carbocycles. The Hall–Kier alpha value is -0.580. The molecule has 21 heavy (non-hydrogen) atoms. The van der Waals surface area contributed by atoms with E-state index >= 15 is 0 Å². The average Bonchev–Trinajstić information content (AvgIpc) is 2.81. The zero-order valence-corrected chi connectivity index (χ0v) is 15.0. The Morgan fingerprint density at radius 1 is 1.48 bits per heavy atom. The molecule has 1 saturated heterocycles. The maximum atomic E-state index is 12.3. The standard InChI is InChI=1S/C16H23BrN2O.ClH/c1-11-7-13(3-5-15(11)17)4-6-16(20)19-10-14(9-18)8-12(19)2;/h3,5,7,12,14H,4,6,8-10,18H2,1-2H3;1H. The van der Waals surface area contributed by atoms with E-state index in [2.05, 4.69) is 48.0 Å². The van der Waals surface area contributed by atoms with Crippen molar-refractivity contribution in [3.63, 3.8) is 0 Å². The van der Waals surface area contributed by atoms with E-state index in [9.17, 15) is 4.79 Å². The Morgan fingerprint density at radius 2 is 2.19 bits per heavy atom. The van der Waals surface area contributed by atoms with Gasteiger partial charge >= 0.3 is 0 Å². The Balaban J connectivity index is 0.00000220. The average molecular weight is 376 g/mol. The molecular formula is C16H24BrClN2O. The van der Waals surface area contributed by atoms with E-state index in [4.69, 9.17) is 5.73 Å². The smallest absolute Gasteiger partial charge is 0.223 e. The maximum absolute atomic E-state index is 12.3. The number of nitrogens with zero attached hydrogens (tertiary/aromatic N) is 1. The minimum Gasteiger partial charge on any atom is -0.340 e. The van der Waals surface area contributed by atoms with Crippen LogP contribution in [0, 0.1) is 12.8 Å². The van der Waals surface area contributed by atoms with Crippen molar-refractivity contribution < 1.29 is 4.79 Å². The van der Waals surface area contributed by atoms with Crippen molar-refractivity contribution in [3.05, 3.63) is 33.8 Å². The molecular weight excluding hydrogens is 352 g/mol. The Labute approximate surface area is 141 Å². The highest BCUT2D eigenvalue weighted by Gasteiger charge is 2.30. The van der Waals surface area contributed by atoms with Crippen molar-refractivity contribution in [1.29, 1.82) is 0 Å². The lowest BCUT2D eigenvalue weighted by Crippen LogP contribution is -2.34. The van der Waals surface area contributed by atoms with Crippen LogP contribution in [-0.2, 0) is 11.2 Å². The van der Waals surface area contributed by atoms with Gasteiger partial charge in [0.05, 0.1) is 0 Å². The van der Waals surface area contributed by atoms with E-state index in [0.29, 0.717) is 24.9 Å². The van der Waals surface area contributed by atoms with Gasteiger partial charge in [0.1, 0.15) is 0 Å². The number of halogens is 2. The molecule has 1 aromatic rings. The predicted molar refractivity (Wildman–Crippen MR) is 92.8 cm³/mol. The largest absolute Gasteiger partial charge is 0.340 e. The van der Waals surface area contributed by atoms with Gasteiger partial charge in [-0.2, -0.15) is 0 Å². The van der Waals surface area contributed by atoms with E-state index in [1.54, 1.807) is 0 Å². The molecule has 5 heteroatoms. The lowest BCUT2D eigenvalue weighted by molar-refractivity contribution is -0.131. The topological polar surface area (TPSA) is 46.3 Å². The number of amides is 1. The first-order chi connectivity index (χ1) is 9.51. The number of rotatable bonds is 4. The number of carbonyl (C=O) groups is 1. The molecule has 1 amide bonds. The molecule has 2 unspecified atom stereocenters. The number of likely N-dealkylation sites (tertiary alicyclic amines) is 1. The van der Waals surface area contributed by atoms with Crippen LogP contribution in [0.3, 0.4) is 0 Å². The van der Waals surface area contributed by atoms with Crippen LogP contribution in [-0.4, -0.2) is 29.9 Å². The van der Waals surface area contributed by atoms with E-state index in [0.717, 1.165) is 23.9 Å². The van der Waals surface area contributed by atoms with Crippen molar-refractivity contribution in [3.8, 4) is 0 Å². The maximum Gasteiger partial charge on any atom is 0.223 e. The molecule has 1 aliphatic heterocycles. The molecule has 2 N–H and O–H groups in total. The summed E-state index contributed by atoms with van der Waals surface area (Å²) in [4.78, 5) is 14.3. The first-order valence-corrected chi connectivity index (χ1v) is 8.05. The molecule has 1 fully saturated rings. The van der Waals surface area contributed by atoms with Gasteiger partial charge in [-0.1, -0.05) is 28.1 Å². The molecule has 3 nitrogen and oxygen atoms in total. The summed E-state index contributed by atoms with van der Waals surface area (Å²) in [6.07, 6.45) is 2.44. The molecule has 2 atom stereocenters. The second-order valence-corrected chi connectivity index (χ2v) is 6.67. The number of nitrogens with two attached hydrogens (primary N) is 1. The fourth-order valence-electron chi connectivity index (χ4n) is 2.92. The third-order valence-electron chi connectivity index (χ3n) is 4.16. The summed E-state index contributed by atoms with van der Waals surface area (Å²) in [6.45, 7) is 5.71. The zero-order chi connectivity index (χ0) is 14.7. The lowest BCUT2D eigenvalue weighted by atomic mass is 10.1. The zero-order valence-electron chi connectivity index (χ0n) is 12.6. The van der Waals surface area contributed by atoms with E-state index in [1.807, 2.05) is 4.90 Å². The van der Waals surface area contributed by atoms with Crippen molar-refractivity contribution in [2.75, 3.05) is 13.1 Å². The summed E-state index contributed by atoms with van der Waals surface area (Å²) in [5.41, 5.74) is 8.15. The highest BCUT2D eigenvalue weighted by Crippen LogP contribution is 2.23. The number of benzene rings is 1. The van der Waals surface area contributed by atoms with Crippen LogP contribution >= 0.6 is 28.3 Å². The first-order valence-electron chi connectivity index (χ1n) is 7.25. The van der Waals surface area contributed by atoms with Gasteiger partial charge in [-0.05, 0) is 56.3 Å². The van der Waals surface area contributed by atoms with Crippen molar-refractivity contribution >= 4 is 34.2 Å². The molecule has 1 aromatic carbocycles. The monoisotopic (exact) mass is 374 g/mol. The fourth-order valence-corrected chi connectivity index (χ4v) is 3.16. The molecule has 1 heterocycles. The SMILES string of the molecule is Cc1cc(CCC(=O)N2CC(CN)CC2C)ccc1Br.Cl. The third kappa shape index (κ3) is 4.70. The van der Waals surface area contributed by atoms with Crippen molar-refractivity contribution in [1.82, 2.24) is 4.90 Å².